The second-order valence-corrected chi connectivity index (χ2v) is 7.40. The number of rotatable bonds is 6. The zero-order valence-electron chi connectivity index (χ0n) is 18.0. The lowest BCUT2D eigenvalue weighted by Gasteiger charge is -2.29. The average Bonchev–Trinajstić information content (AvgIpc) is 3.03. The molecular weight excluding hydrogens is 400 g/mol. The van der Waals surface area contributed by atoms with Gasteiger partial charge in [0.05, 0.1) is 6.61 Å². The van der Waals surface area contributed by atoms with Crippen molar-refractivity contribution >= 4 is 5.97 Å². The van der Waals surface area contributed by atoms with E-state index in [0.717, 1.165) is 5.56 Å². The molecule has 4 atom stereocenters. The van der Waals surface area contributed by atoms with Gasteiger partial charge in [0.2, 0.25) is 0 Å². The summed E-state index contributed by atoms with van der Waals surface area (Å²) < 4.78 is 19.3. The lowest BCUT2D eigenvalue weighted by atomic mass is 9.92. The van der Waals surface area contributed by atoms with Gasteiger partial charge in [-0.3, -0.25) is 19.1 Å². The van der Waals surface area contributed by atoms with E-state index >= 15 is 0 Å². The van der Waals surface area contributed by atoms with Crippen molar-refractivity contribution in [3.8, 4) is 11.8 Å². The number of ether oxygens (including phenoxy) is 3. The molecule has 31 heavy (non-hydrogen) atoms. The summed E-state index contributed by atoms with van der Waals surface area (Å²) in [6.45, 7) is 6.67. The van der Waals surface area contributed by atoms with Crippen LogP contribution < -0.4 is 11.2 Å². The first kappa shape index (κ1) is 22.5. The Morgan fingerprint density at radius 1 is 1.29 bits per heavy atom. The molecule has 0 saturated carbocycles. The molecule has 0 amide bonds. The van der Waals surface area contributed by atoms with Gasteiger partial charge >= 0.3 is 11.7 Å². The number of aryl methyl sites for hydroxylation is 1. The van der Waals surface area contributed by atoms with E-state index < -0.39 is 41.3 Å². The number of benzene rings is 1. The maximum Gasteiger partial charge on any atom is 0.330 e. The van der Waals surface area contributed by atoms with Crippen LogP contribution in [0.1, 0.15) is 44.5 Å². The quantitative estimate of drug-likeness (QED) is 0.561. The first-order chi connectivity index (χ1) is 14.8. The molecule has 8 nitrogen and oxygen atoms in total. The van der Waals surface area contributed by atoms with Crippen molar-refractivity contribution in [1.82, 2.24) is 9.55 Å². The van der Waals surface area contributed by atoms with Gasteiger partial charge in [-0.1, -0.05) is 43.2 Å². The van der Waals surface area contributed by atoms with Crippen molar-refractivity contribution in [2.24, 2.45) is 0 Å². The zero-order chi connectivity index (χ0) is 22.6. The Morgan fingerprint density at radius 2 is 2.00 bits per heavy atom. The maximum absolute atomic E-state index is 12.6. The molecule has 1 unspecified atom stereocenters. The fraction of sp³-hybridized carbons (Fsp3) is 0.435. The first-order valence-electron chi connectivity index (χ1n) is 10.1. The van der Waals surface area contributed by atoms with Gasteiger partial charge in [0.15, 0.2) is 17.9 Å². The zero-order valence-corrected chi connectivity index (χ0v) is 18.0. The summed E-state index contributed by atoms with van der Waals surface area (Å²) in [6.07, 6.45) is -0.919. The summed E-state index contributed by atoms with van der Waals surface area (Å²) in [6, 6.07) is 9.55. The van der Waals surface area contributed by atoms with E-state index in [-0.39, 0.29) is 6.61 Å². The maximum atomic E-state index is 12.6. The number of H-pyrrole nitrogens is 1. The Bertz CT molecular complexity index is 1110. The van der Waals surface area contributed by atoms with E-state index in [4.69, 9.17) is 14.2 Å². The molecule has 1 aliphatic rings. The summed E-state index contributed by atoms with van der Waals surface area (Å²) in [4.78, 5) is 38.6. The number of hydrogen-bond donors (Lipinski definition) is 1. The van der Waals surface area contributed by atoms with E-state index in [1.807, 2.05) is 37.3 Å². The molecule has 1 aliphatic heterocycles. The van der Waals surface area contributed by atoms with Crippen LogP contribution in [0.3, 0.4) is 0 Å². The number of nitrogens with zero attached hydrogens (tertiary/aromatic N) is 1. The molecule has 0 aliphatic carbocycles. The van der Waals surface area contributed by atoms with Gasteiger partial charge in [0.1, 0.15) is 6.10 Å². The van der Waals surface area contributed by atoms with E-state index in [2.05, 4.69) is 16.8 Å². The summed E-state index contributed by atoms with van der Waals surface area (Å²) in [7, 11) is 0. The fourth-order valence-corrected chi connectivity index (χ4v) is 3.74. The second kappa shape index (κ2) is 9.33. The summed E-state index contributed by atoms with van der Waals surface area (Å²) in [5, 5.41) is 0. The van der Waals surface area contributed by atoms with E-state index in [0.29, 0.717) is 12.0 Å². The highest BCUT2D eigenvalue weighted by Gasteiger charge is 2.57. The minimum Gasteiger partial charge on any atom is -0.455 e. The summed E-state index contributed by atoms with van der Waals surface area (Å²) in [5.74, 6) is 5.39. The van der Waals surface area contributed by atoms with Crippen LogP contribution in [0, 0.1) is 18.8 Å². The molecule has 1 N–H and O–H groups in total. The van der Waals surface area contributed by atoms with Crippen molar-refractivity contribution in [1.29, 1.82) is 0 Å². The van der Waals surface area contributed by atoms with E-state index in [1.54, 1.807) is 13.8 Å². The van der Waals surface area contributed by atoms with Crippen molar-refractivity contribution < 1.29 is 19.0 Å². The van der Waals surface area contributed by atoms with Gasteiger partial charge in [-0.15, -0.1) is 5.92 Å². The van der Waals surface area contributed by atoms with Crippen LogP contribution in [0.4, 0.5) is 0 Å². The third-order valence-electron chi connectivity index (χ3n) is 5.23. The minimum absolute atomic E-state index is 0.242. The lowest BCUT2D eigenvalue weighted by molar-refractivity contribution is -0.158. The molecule has 1 fully saturated rings. The molecule has 164 valence electrons. The molecule has 0 bridgehead atoms. The van der Waals surface area contributed by atoms with Crippen LogP contribution >= 0.6 is 0 Å². The average molecular weight is 426 g/mol. The summed E-state index contributed by atoms with van der Waals surface area (Å²) in [5.41, 5.74) is -1.02. The van der Waals surface area contributed by atoms with Crippen LogP contribution in [-0.4, -0.2) is 33.3 Å². The van der Waals surface area contributed by atoms with Crippen LogP contribution in [0.5, 0.6) is 0 Å². The third kappa shape index (κ3) is 4.63. The predicted octanol–water partition coefficient (Wildman–Crippen LogP) is 2.06. The highest BCUT2D eigenvalue weighted by molar-refractivity contribution is 5.66. The van der Waals surface area contributed by atoms with E-state index in [1.165, 1.54) is 17.7 Å². The molecule has 1 aromatic heterocycles. The van der Waals surface area contributed by atoms with Gasteiger partial charge in [-0.05, 0) is 25.8 Å². The van der Waals surface area contributed by atoms with Crippen LogP contribution in [0.15, 0.2) is 46.1 Å². The number of nitrogens with one attached hydrogen (secondary N) is 1. The van der Waals surface area contributed by atoms with Crippen molar-refractivity contribution in [2.45, 2.75) is 64.8 Å². The van der Waals surface area contributed by atoms with Gasteiger partial charge in [0, 0.05) is 18.7 Å². The van der Waals surface area contributed by atoms with E-state index in [9.17, 15) is 14.4 Å². The number of carbonyl (C=O) groups is 1. The molecule has 3 rings (SSSR count). The molecule has 1 saturated heterocycles. The number of hydrogen-bond acceptors (Lipinski definition) is 6. The summed E-state index contributed by atoms with van der Waals surface area (Å²) >= 11 is 0. The third-order valence-corrected chi connectivity index (χ3v) is 5.23. The molecule has 2 aromatic rings. The highest BCUT2D eigenvalue weighted by atomic mass is 16.6. The Morgan fingerprint density at radius 3 is 2.61 bits per heavy atom. The first-order valence-corrected chi connectivity index (χ1v) is 10.1. The largest absolute Gasteiger partial charge is 0.455 e. The molecule has 0 spiro atoms. The normalized spacial score (nSPS) is 25.0. The highest BCUT2D eigenvalue weighted by Crippen LogP contribution is 2.42. The molecule has 2 heterocycles. The molecular formula is C23H26N2O6. The standard InChI is InChI=1S/C23H26N2O6/c1-5-12-23(6-2)19(29-14-17-10-8-7-9-11-17)18(30-16(4)26)21(31-23)25-13-15(3)20(27)24-22(25)28/h7-11,13,18-19,21H,6,14H2,1-4H3,(H,24,27,28)/t18-,19?,21+,23-/m0/s1. The van der Waals surface area contributed by atoms with Crippen molar-refractivity contribution in [3.63, 3.8) is 0 Å². The van der Waals surface area contributed by atoms with Crippen LogP contribution in [0.2, 0.25) is 0 Å². The van der Waals surface area contributed by atoms with Gasteiger partial charge < -0.3 is 14.2 Å². The van der Waals surface area contributed by atoms with Crippen molar-refractivity contribution in [3.05, 3.63) is 68.5 Å². The fourth-order valence-electron chi connectivity index (χ4n) is 3.74. The predicted molar refractivity (Wildman–Crippen MR) is 113 cm³/mol. The number of aromatic nitrogens is 2. The lowest BCUT2D eigenvalue weighted by Crippen LogP contribution is -2.45. The molecule has 0 radical (unpaired) electrons. The van der Waals surface area contributed by atoms with Gasteiger partial charge in [0.25, 0.3) is 5.56 Å². The smallest absolute Gasteiger partial charge is 0.330 e. The number of carbonyl (C=O) groups excluding carboxylic acids is 1. The van der Waals surface area contributed by atoms with Crippen LogP contribution in [0.25, 0.3) is 0 Å². The van der Waals surface area contributed by atoms with Gasteiger partial charge in [-0.25, -0.2) is 4.79 Å². The Labute approximate surface area is 180 Å². The minimum atomic E-state index is -1.11. The van der Waals surface area contributed by atoms with Gasteiger partial charge in [-0.2, -0.15) is 0 Å². The molecule has 8 heteroatoms. The van der Waals surface area contributed by atoms with Crippen molar-refractivity contribution in [2.75, 3.05) is 0 Å². The topological polar surface area (TPSA) is 99.6 Å². The monoisotopic (exact) mass is 426 g/mol. The van der Waals surface area contributed by atoms with Crippen LogP contribution in [-0.2, 0) is 25.6 Å². The molecule has 1 aromatic carbocycles. The Balaban J connectivity index is 2.08. The SMILES string of the molecule is CC#C[C@]1(CC)O[C@@H](n2cc(C)c(=O)[nH]c2=O)[C@@H](OC(C)=O)C1OCc1ccccc1. The Hall–Kier alpha value is -3.15. The Kier molecular flexibility index (Phi) is 6.78. The number of esters is 1. The number of aromatic amines is 1. The second-order valence-electron chi connectivity index (χ2n) is 7.40.